The summed E-state index contributed by atoms with van der Waals surface area (Å²) in [4.78, 5) is 55.1. The number of hydrogen-bond acceptors (Lipinski definition) is 7. The zero-order valence-corrected chi connectivity index (χ0v) is 23.6. The Morgan fingerprint density at radius 2 is 1.50 bits per heavy atom. The molecule has 0 radical (unpaired) electrons. The first-order valence-electron chi connectivity index (χ1n) is 12.1. The Morgan fingerprint density at radius 1 is 0.875 bits per heavy atom. The van der Waals surface area contributed by atoms with Crippen LogP contribution in [-0.4, -0.2) is 32.6 Å². The van der Waals surface area contributed by atoms with Crippen LogP contribution >= 0.6 is 46.3 Å². The van der Waals surface area contributed by atoms with Gasteiger partial charge in [0, 0.05) is 26.5 Å². The second-order valence-electron chi connectivity index (χ2n) is 9.30. The van der Waals surface area contributed by atoms with Gasteiger partial charge in [0.1, 0.15) is 17.5 Å². The van der Waals surface area contributed by atoms with E-state index in [-0.39, 0.29) is 23.1 Å². The number of rotatable bonds is 5. The Balaban J connectivity index is 1.40. The number of aromatic hydroxyl groups is 1. The van der Waals surface area contributed by atoms with Crippen LogP contribution < -0.4 is 15.1 Å². The molecule has 1 fully saturated rings. The van der Waals surface area contributed by atoms with Crippen LogP contribution in [0.15, 0.2) is 82.6 Å². The molecule has 2 aliphatic rings. The first-order valence-corrected chi connectivity index (χ1v) is 14.5. The maximum atomic E-state index is 13.9. The number of imide groups is 1. The second kappa shape index (κ2) is 10.4. The van der Waals surface area contributed by atoms with E-state index in [0.717, 1.165) is 28.7 Å². The van der Waals surface area contributed by atoms with Crippen molar-refractivity contribution in [3.63, 3.8) is 0 Å². The number of carbonyl (C=O) groups excluding carboxylic acids is 3. The molecule has 4 aromatic rings. The largest absolute Gasteiger partial charge is 0.508 e. The number of aromatic nitrogens is 1. The lowest BCUT2D eigenvalue weighted by molar-refractivity contribution is -0.122. The number of halogens is 2. The fraction of sp³-hybridized carbons (Fsp3) is 0.143. The van der Waals surface area contributed by atoms with Crippen molar-refractivity contribution in [2.75, 3.05) is 10.2 Å². The van der Waals surface area contributed by atoms with Gasteiger partial charge in [0.05, 0.1) is 16.6 Å². The van der Waals surface area contributed by atoms with Crippen LogP contribution in [0.1, 0.15) is 16.4 Å². The van der Waals surface area contributed by atoms with Gasteiger partial charge in [-0.3, -0.25) is 23.7 Å². The Hall–Kier alpha value is -3.57. The minimum absolute atomic E-state index is 0.0590. The molecule has 1 aromatic heterocycles. The average Bonchev–Trinajstić information content (AvgIpc) is 3.37. The molecule has 2 N–H and O–H groups in total. The summed E-state index contributed by atoms with van der Waals surface area (Å²) in [6, 6.07) is 19.4. The van der Waals surface area contributed by atoms with E-state index in [1.165, 1.54) is 21.6 Å². The lowest BCUT2D eigenvalue weighted by Gasteiger charge is -2.30. The summed E-state index contributed by atoms with van der Waals surface area (Å²) in [5.41, 5.74) is 1.61. The molecule has 3 atom stereocenters. The van der Waals surface area contributed by atoms with Crippen molar-refractivity contribution >= 4 is 75.4 Å². The van der Waals surface area contributed by atoms with Gasteiger partial charge in [0.25, 0.3) is 0 Å². The molecule has 3 heterocycles. The monoisotopic (exact) mass is 611 g/mol. The van der Waals surface area contributed by atoms with Crippen molar-refractivity contribution < 1.29 is 19.5 Å². The van der Waals surface area contributed by atoms with Crippen LogP contribution in [0.2, 0.25) is 10.0 Å². The van der Waals surface area contributed by atoms with Gasteiger partial charge in [-0.1, -0.05) is 58.4 Å². The maximum Gasteiger partial charge on any atom is 0.308 e. The molecule has 0 saturated carbocycles. The third kappa shape index (κ3) is 4.71. The number of carbonyl (C=O) groups is 3. The molecule has 2 unspecified atom stereocenters. The topological polar surface area (TPSA) is 109 Å². The van der Waals surface area contributed by atoms with Crippen molar-refractivity contribution in [2.24, 2.45) is 5.92 Å². The van der Waals surface area contributed by atoms with E-state index >= 15 is 0 Å². The van der Waals surface area contributed by atoms with E-state index in [2.05, 4.69) is 5.32 Å². The molecular formula is C28H19Cl2N3O5S2. The quantitative estimate of drug-likeness (QED) is 0.232. The highest BCUT2D eigenvalue weighted by molar-refractivity contribution is 8.00. The highest BCUT2D eigenvalue weighted by atomic mass is 35.5. The number of hydrogen-bond donors (Lipinski definition) is 2. The van der Waals surface area contributed by atoms with E-state index in [0.29, 0.717) is 31.3 Å². The maximum absolute atomic E-state index is 13.9. The molecular weight excluding hydrogens is 593 g/mol. The first-order chi connectivity index (χ1) is 19.2. The summed E-state index contributed by atoms with van der Waals surface area (Å²) in [6.07, 6.45) is 0. The van der Waals surface area contributed by atoms with Crippen molar-refractivity contribution in [1.82, 2.24) is 4.57 Å². The van der Waals surface area contributed by atoms with Gasteiger partial charge >= 0.3 is 4.87 Å². The highest BCUT2D eigenvalue weighted by Crippen LogP contribution is 2.54. The summed E-state index contributed by atoms with van der Waals surface area (Å²) in [7, 11) is 0. The summed E-state index contributed by atoms with van der Waals surface area (Å²) in [5, 5.41) is 12.9. The van der Waals surface area contributed by atoms with E-state index < -0.39 is 28.9 Å². The number of thiazole rings is 1. The Kier molecular flexibility index (Phi) is 6.95. The molecule has 0 spiro atoms. The number of fused-ring (bicyclic) bond motifs is 2. The summed E-state index contributed by atoms with van der Waals surface area (Å²) in [6.45, 7) is -0.285. The van der Waals surface area contributed by atoms with Gasteiger partial charge in [0.15, 0.2) is 0 Å². The van der Waals surface area contributed by atoms with Gasteiger partial charge in [-0.15, -0.1) is 0 Å². The minimum atomic E-state index is -0.809. The molecule has 12 heteroatoms. The molecule has 1 saturated heterocycles. The number of amides is 3. The van der Waals surface area contributed by atoms with Crippen LogP contribution in [0.25, 0.3) is 0 Å². The molecule has 6 rings (SSSR count). The summed E-state index contributed by atoms with van der Waals surface area (Å²) in [5.74, 6) is -2.51. The lowest BCUT2D eigenvalue weighted by atomic mass is 9.83. The Bertz CT molecular complexity index is 1700. The van der Waals surface area contributed by atoms with E-state index in [1.54, 1.807) is 60.7 Å². The first kappa shape index (κ1) is 26.6. The molecule has 0 aliphatic carbocycles. The molecule has 40 heavy (non-hydrogen) atoms. The SMILES string of the molecule is O=C(Cn1c2c(sc1=O)[C@H](c1ccc(Cl)cc1)C1C(=O)N(c3ccc(Cl)cc3)C(=O)C1S2)Nc1ccc(O)cc1. The molecule has 8 nitrogen and oxygen atoms in total. The third-order valence-electron chi connectivity index (χ3n) is 6.82. The van der Waals surface area contributed by atoms with Gasteiger partial charge in [-0.2, -0.15) is 0 Å². The van der Waals surface area contributed by atoms with Crippen LogP contribution in [0.3, 0.4) is 0 Å². The van der Waals surface area contributed by atoms with Gasteiger partial charge in [-0.05, 0) is 66.2 Å². The van der Waals surface area contributed by atoms with E-state index in [1.807, 2.05) is 0 Å². The standard InChI is InChI=1S/C28H19Cl2N3O5S2/c29-15-3-1-14(2-4-15)21-22-23(26(37)33(25(22)36)18-9-5-16(30)6-10-18)39-27-24(21)40-28(38)32(27)13-20(35)31-17-7-11-19(34)12-8-17/h1-12,21-23,34H,13H2,(H,31,35)/t21-,22?,23?/m1/s1. The lowest BCUT2D eigenvalue weighted by Crippen LogP contribution is -2.33. The number of phenolic OH excluding ortho intramolecular Hbond substituents is 1. The molecule has 0 bridgehead atoms. The number of anilines is 2. The number of nitrogens with zero attached hydrogens (tertiary/aromatic N) is 2. The highest BCUT2D eigenvalue weighted by Gasteiger charge is 2.56. The zero-order valence-electron chi connectivity index (χ0n) is 20.4. The summed E-state index contributed by atoms with van der Waals surface area (Å²) < 4.78 is 1.35. The molecule has 202 valence electrons. The van der Waals surface area contributed by atoms with Crippen LogP contribution in [-0.2, 0) is 20.9 Å². The second-order valence-corrected chi connectivity index (χ2v) is 12.3. The fourth-order valence-corrected chi connectivity index (χ4v) is 8.04. The van der Waals surface area contributed by atoms with Crippen LogP contribution in [0.4, 0.5) is 11.4 Å². The van der Waals surface area contributed by atoms with Gasteiger partial charge in [-0.25, -0.2) is 4.90 Å². The van der Waals surface area contributed by atoms with Gasteiger partial charge < -0.3 is 10.4 Å². The Labute approximate surface area is 246 Å². The molecule has 3 aromatic carbocycles. The average molecular weight is 613 g/mol. The third-order valence-corrected chi connectivity index (χ3v) is 9.92. The van der Waals surface area contributed by atoms with E-state index in [9.17, 15) is 24.3 Å². The predicted molar refractivity (Wildman–Crippen MR) is 156 cm³/mol. The number of thioether (sulfide) groups is 1. The van der Waals surface area contributed by atoms with Crippen molar-refractivity contribution in [1.29, 1.82) is 0 Å². The van der Waals surface area contributed by atoms with E-state index in [4.69, 9.17) is 23.2 Å². The Morgan fingerprint density at radius 3 is 2.15 bits per heavy atom. The van der Waals surface area contributed by atoms with Crippen molar-refractivity contribution in [2.45, 2.75) is 22.7 Å². The van der Waals surface area contributed by atoms with Crippen LogP contribution in [0.5, 0.6) is 5.75 Å². The predicted octanol–water partition coefficient (Wildman–Crippen LogP) is 5.36. The summed E-state index contributed by atoms with van der Waals surface area (Å²) >= 11 is 14.3. The van der Waals surface area contributed by atoms with Gasteiger partial charge in [0.2, 0.25) is 17.7 Å². The van der Waals surface area contributed by atoms with Crippen molar-refractivity contribution in [3.8, 4) is 5.75 Å². The molecule has 2 aliphatic heterocycles. The zero-order chi connectivity index (χ0) is 28.1. The number of phenols is 1. The smallest absolute Gasteiger partial charge is 0.308 e. The molecule has 3 amide bonds. The van der Waals surface area contributed by atoms with Crippen LogP contribution in [0, 0.1) is 5.92 Å². The normalized spacial score (nSPS) is 19.9. The number of benzene rings is 3. The fourth-order valence-electron chi connectivity index (χ4n) is 5.02. The number of nitrogens with one attached hydrogen (secondary N) is 1. The minimum Gasteiger partial charge on any atom is -0.508 e. The van der Waals surface area contributed by atoms with Crippen molar-refractivity contribution in [3.05, 3.63) is 103 Å².